The van der Waals surface area contributed by atoms with E-state index in [0.29, 0.717) is 37.7 Å². The van der Waals surface area contributed by atoms with E-state index in [1.807, 2.05) is 24.3 Å². The molecule has 0 saturated carbocycles. The van der Waals surface area contributed by atoms with E-state index in [-0.39, 0.29) is 24.3 Å². The van der Waals surface area contributed by atoms with E-state index < -0.39 is 10.0 Å². The fourth-order valence-corrected chi connectivity index (χ4v) is 3.18. The summed E-state index contributed by atoms with van der Waals surface area (Å²) in [6.07, 6.45) is -0.0363. The van der Waals surface area contributed by atoms with Gasteiger partial charge in [-0.05, 0) is 43.3 Å². The molecule has 3 rings (SSSR count). The summed E-state index contributed by atoms with van der Waals surface area (Å²) in [5.74, 6) is 2.27. The summed E-state index contributed by atoms with van der Waals surface area (Å²) in [4.78, 5) is 0. The lowest BCUT2D eigenvalue weighted by Gasteiger charge is -2.26. The molecule has 1 aliphatic heterocycles. The number of hydrogen-bond acceptors (Lipinski definition) is 6. The van der Waals surface area contributed by atoms with Gasteiger partial charge in [0.2, 0.25) is 10.0 Å². The molecule has 0 amide bonds. The number of sulfonamides is 1. The smallest absolute Gasteiger partial charge is 0.232 e. The number of ether oxygens (including phenoxy) is 3. The fourth-order valence-electron chi connectivity index (χ4n) is 2.54. The van der Waals surface area contributed by atoms with Crippen LogP contribution in [0.2, 0.25) is 0 Å². The maximum Gasteiger partial charge on any atom is 0.232 e. The molecule has 28 heavy (non-hydrogen) atoms. The topological polar surface area (TPSA) is 85.9 Å². The van der Waals surface area contributed by atoms with Crippen molar-refractivity contribution in [2.75, 3.05) is 36.8 Å². The van der Waals surface area contributed by atoms with Crippen molar-refractivity contribution in [3.8, 4) is 17.2 Å². The third kappa shape index (κ3) is 6.47. The second-order valence-corrected chi connectivity index (χ2v) is 8.09. The lowest BCUT2D eigenvalue weighted by atomic mass is 10.2. The number of fused-ring (bicyclic) bond motifs is 1. The molecule has 0 aromatic heterocycles. The first kappa shape index (κ1) is 22.1. The van der Waals surface area contributed by atoms with E-state index in [9.17, 15) is 8.42 Å². The van der Waals surface area contributed by atoms with Crippen molar-refractivity contribution >= 4 is 28.1 Å². The molecule has 2 N–H and O–H groups in total. The Morgan fingerprint density at radius 1 is 1.11 bits per heavy atom. The first-order valence-corrected chi connectivity index (χ1v) is 10.5. The lowest BCUT2D eigenvalue weighted by molar-refractivity contribution is 0.0897. The monoisotopic (exact) mass is 428 g/mol. The Balaban J connectivity index is 0.00000280. The highest BCUT2D eigenvalue weighted by Gasteiger charge is 2.19. The van der Waals surface area contributed by atoms with Crippen molar-refractivity contribution in [3.63, 3.8) is 0 Å². The molecule has 1 heterocycles. The minimum Gasteiger partial charge on any atom is -0.492 e. The van der Waals surface area contributed by atoms with Crippen LogP contribution in [0.15, 0.2) is 48.5 Å². The normalized spacial score (nSPS) is 15.4. The maximum atomic E-state index is 11.5. The zero-order chi connectivity index (χ0) is 19.1. The van der Waals surface area contributed by atoms with Crippen LogP contribution in [0.1, 0.15) is 6.92 Å². The second kappa shape index (κ2) is 10.4. The van der Waals surface area contributed by atoms with Crippen molar-refractivity contribution in [2.24, 2.45) is 0 Å². The molecule has 0 radical (unpaired) electrons. The maximum absolute atomic E-state index is 11.5. The molecule has 154 valence electrons. The highest BCUT2D eigenvalue weighted by molar-refractivity contribution is 7.92. The van der Waals surface area contributed by atoms with Gasteiger partial charge in [0, 0.05) is 18.8 Å². The number of rotatable bonds is 9. The number of halogens is 1. The zero-order valence-electron chi connectivity index (χ0n) is 15.6. The van der Waals surface area contributed by atoms with Crippen LogP contribution in [0.25, 0.3) is 0 Å². The van der Waals surface area contributed by atoms with E-state index >= 15 is 0 Å². The molecule has 0 spiro atoms. The molecule has 2 aromatic rings. The molecular formula is C19H25ClN2O5S. The minimum absolute atomic E-state index is 0. The molecular weight excluding hydrogens is 404 g/mol. The SMILES string of the molecule is CCS(=O)(=O)Nc1ccc(OCCNCC2COc3ccccc3O2)cc1.Cl. The van der Waals surface area contributed by atoms with Crippen LogP contribution in [0.5, 0.6) is 17.2 Å². The molecule has 0 aliphatic carbocycles. The highest BCUT2D eigenvalue weighted by Crippen LogP contribution is 2.30. The Labute approximate surface area is 171 Å². The molecule has 9 heteroatoms. The molecule has 0 saturated heterocycles. The van der Waals surface area contributed by atoms with Crippen molar-refractivity contribution < 1.29 is 22.6 Å². The third-order valence-electron chi connectivity index (χ3n) is 3.99. The highest BCUT2D eigenvalue weighted by atomic mass is 35.5. The summed E-state index contributed by atoms with van der Waals surface area (Å²) in [7, 11) is -3.26. The lowest BCUT2D eigenvalue weighted by Crippen LogP contribution is -2.39. The van der Waals surface area contributed by atoms with Gasteiger partial charge in [-0.15, -0.1) is 12.4 Å². The molecule has 1 aliphatic rings. The average molecular weight is 429 g/mol. The number of anilines is 1. The van der Waals surface area contributed by atoms with Gasteiger partial charge < -0.3 is 19.5 Å². The van der Waals surface area contributed by atoms with Gasteiger partial charge in [-0.1, -0.05) is 12.1 Å². The standard InChI is InChI=1S/C19H24N2O5S.ClH/c1-2-27(22,23)21-15-7-9-16(10-8-15)24-12-11-20-13-17-14-25-18-5-3-4-6-19(18)26-17;/h3-10,17,20-21H,2,11-14H2,1H3;1H. The van der Waals surface area contributed by atoms with Gasteiger partial charge in [-0.3, -0.25) is 4.72 Å². The first-order chi connectivity index (χ1) is 13.1. The molecule has 1 atom stereocenters. The van der Waals surface area contributed by atoms with Gasteiger partial charge in [0.05, 0.1) is 5.75 Å². The fraction of sp³-hybridized carbons (Fsp3) is 0.368. The quantitative estimate of drug-likeness (QED) is 0.597. The summed E-state index contributed by atoms with van der Waals surface area (Å²) < 4.78 is 42.7. The average Bonchev–Trinajstić information content (AvgIpc) is 2.68. The molecule has 0 fully saturated rings. The Morgan fingerprint density at radius 2 is 1.82 bits per heavy atom. The number of para-hydroxylation sites is 2. The van der Waals surface area contributed by atoms with Crippen LogP contribution >= 0.6 is 12.4 Å². The first-order valence-electron chi connectivity index (χ1n) is 8.88. The van der Waals surface area contributed by atoms with Crippen LogP contribution in [0.4, 0.5) is 5.69 Å². The van der Waals surface area contributed by atoms with E-state index in [2.05, 4.69) is 10.0 Å². The van der Waals surface area contributed by atoms with Crippen LogP contribution < -0.4 is 24.2 Å². The van der Waals surface area contributed by atoms with Crippen molar-refractivity contribution in [3.05, 3.63) is 48.5 Å². The van der Waals surface area contributed by atoms with E-state index in [1.54, 1.807) is 31.2 Å². The van der Waals surface area contributed by atoms with E-state index in [4.69, 9.17) is 14.2 Å². The van der Waals surface area contributed by atoms with Crippen LogP contribution in [0, 0.1) is 0 Å². The molecule has 2 aromatic carbocycles. The van der Waals surface area contributed by atoms with E-state index in [1.165, 1.54) is 0 Å². The van der Waals surface area contributed by atoms with Gasteiger partial charge in [-0.2, -0.15) is 0 Å². The predicted molar refractivity (Wildman–Crippen MR) is 111 cm³/mol. The molecule has 0 bridgehead atoms. The van der Waals surface area contributed by atoms with Crippen LogP contribution in [-0.4, -0.2) is 46.6 Å². The van der Waals surface area contributed by atoms with Crippen molar-refractivity contribution in [1.29, 1.82) is 0 Å². The van der Waals surface area contributed by atoms with E-state index in [0.717, 1.165) is 11.5 Å². The summed E-state index contributed by atoms with van der Waals surface area (Å²) >= 11 is 0. The Kier molecular flexibility index (Phi) is 8.22. The predicted octanol–water partition coefficient (Wildman–Crippen LogP) is 2.68. The zero-order valence-corrected chi connectivity index (χ0v) is 17.2. The van der Waals surface area contributed by atoms with Crippen LogP contribution in [-0.2, 0) is 10.0 Å². The van der Waals surface area contributed by atoms with Crippen LogP contribution in [0.3, 0.4) is 0 Å². The van der Waals surface area contributed by atoms with Gasteiger partial charge in [0.1, 0.15) is 25.1 Å². The van der Waals surface area contributed by atoms with Crippen molar-refractivity contribution in [2.45, 2.75) is 13.0 Å². The Morgan fingerprint density at radius 3 is 2.54 bits per heavy atom. The summed E-state index contributed by atoms with van der Waals surface area (Å²) in [6.45, 7) is 3.92. The Bertz CT molecular complexity index is 846. The third-order valence-corrected chi connectivity index (χ3v) is 5.30. The largest absolute Gasteiger partial charge is 0.492 e. The summed E-state index contributed by atoms with van der Waals surface area (Å²) in [5.41, 5.74) is 0.525. The minimum atomic E-state index is -3.26. The Hall–Kier alpha value is -2.16. The van der Waals surface area contributed by atoms with Gasteiger partial charge in [0.15, 0.2) is 11.5 Å². The van der Waals surface area contributed by atoms with Gasteiger partial charge in [-0.25, -0.2) is 8.42 Å². The molecule has 1 unspecified atom stereocenters. The van der Waals surface area contributed by atoms with Gasteiger partial charge >= 0.3 is 0 Å². The number of hydrogen-bond donors (Lipinski definition) is 2. The summed E-state index contributed by atoms with van der Waals surface area (Å²) in [6, 6.07) is 14.5. The number of benzene rings is 2. The van der Waals surface area contributed by atoms with Gasteiger partial charge in [0.25, 0.3) is 0 Å². The summed E-state index contributed by atoms with van der Waals surface area (Å²) in [5, 5.41) is 3.28. The number of nitrogens with one attached hydrogen (secondary N) is 2. The van der Waals surface area contributed by atoms with Crippen molar-refractivity contribution in [1.82, 2.24) is 5.32 Å². The molecule has 7 nitrogen and oxygen atoms in total. The second-order valence-electron chi connectivity index (χ2n) is 6.08.